The van der Waals surface area contributed by atoms with Gasteiger partial charge in [-0.05, 0) is 36.8 Å². The van der Waals surface area contributed by atoms with Gasteiger partial charge in [-0.15, -0.1) is 6.42 Å². The van der Waals surface area contributed by atoms with Crippen molar-refractivity contribution in [2.75, 3.05) is 5.75 Å². The first kappa shape index (κ1) is 20.0. The Labute approximate surface area is 166 Å². The average Bonchev–Trinajstić information content (AvgIpc) is 2.99. The first-order valence-electron chi connectivity index (χ1n) is 8.48. The molecule has 2 aromatic carbocycles. The summed E-state index contributed by atoms with van der Waals surface area (Å²) < 4.78 is 40.3. The van der Waals surface area contributed by atoms with Crippen LogP contribution in [-0.2, 0) is 21.2 Å². The minimum Gasteiger partial charge on any atom is -0.305 e. The molecule has 3 rings (SSSR count). The summed E-state index contributed by atoms with van der Waals surface area (Å²) in [4.78, 5) is 16.9. The molecule has 1 amide bonds. The van der Waals surface area contributed by atoms with Crippen LogP contribution >= 0.6 is 11.3 Å². The molecule has 8 heteroatoms. The second-order valence-corrected chi connectivity index (χ2v) is 9.15. The van der Waals surface area contributed by atoms with Crippen LogP contribution in [0, 0.1) is 18.2 Å². The molecule has 1 heterocycles. The third-order valence-electron chi connectivity index (χ3n) is 4.02. The number of fused-ring (bicyclic) bond motifs is 1. The monoisotopic (exact) mass is 416 g/mol. The van der Waals surface area contributed by atoms with Gasteiger partial charge in [0, 0.05) is 6.42 Å². The van der Waals surface area contributed by atoms with E-state index in [9.17, 15) is 17.6 Å². The number of benzene rings is 2. The van der Waals surface area contributed by atoms with Gasteiger partial charge in [-0.2, -0.15) is 4.99 Å². The molecule has 0 fully saturated rings. The van der Waals surface area contributed by atoms with E-state index in [0.29, 0.717) is 15.0 Å². The number of hydrogen-bond donors (Lipinski definition) is 0. The number of hydrogen-bond acceptors (Lipinski definition) is 4. The molecule has 0 N–H and O–H groups in total. The van der Waals surface area contributed by atoms with Crippen molar-refractivity contribution in [2.24, 2.45) is 4.99 Å². The SMILES string of the molecule is C#CCn1c(=NC(=O)CCCS(=O)(=O)c2ccccc2)sc2cc(F)ccc21. The highest BCUT2D eigenvalue weighted by Crippen LogP contribution is 2.18. The van der Waals surface area contributed by atoms with Gasteiger partial charge in [0.05, 0.1) is 27.4 Å². The lowest BCUT2D eigenvalue weighted by molar-refractivity contribution is -0.118. The molecule has 0 aliphatic rings. The first-order valence-corrected chi connectivity index (χ1v) is 11.0. The molecule has 0 spiro atoms. The largest absolute Gasteiger partial charge is 0.305 e. The second-order valence-electron chi connectivity index (χ2n) is 6.03. The number of aromatic nitrogens is 1. The molecular weight excluding hydrogens is 399 g/mol. The number of thiazole rings is 1. The molecule has 0 saturated heterocycles. The molecule has 5 nitrogen and oxygen atoms in total. The Hall–Kier alpha value is -2.76. The molecule has 144 valence electrons. The quantitative estimate of drug-likeness (QED) is 0.580. The highest BCUT2D eigenvalue weighted by molar-refractivity contribution is 7.91. The number of carbonyl (C=O) groups excluding carboxylic acids is 1. The van der Waals surface area contributed by atoms with Crippen molar-refractivity contribution in [1.82, 2.24) is 4.57 Å². The molecule has 0 unspecified atom stereocenters. The van der Waals surface area contributed by atoms with Crippen LogP contribution in [0.2, 0.25) is 0 Å². The Bertz CT molecular complexity index is 1220. The predicted molar refractivity (Wildman–Crippen MR) is 107 cm³/mol. The van der Waals surface area contributed by atoms with Crippen LogP contribution in [0.5, 0.6) is 0 Å². The zero-order valence-electron chi connectivity index (χ0n) is 14.8. The summed E-state index contributed by atoms with van der Waals surface area (Å²) in [6.07, 6.45) is 5.54. The van der Waals surface area contributed by atoms with Crippen LogP contribution in [0.15, 0.2) is 58.4 Å². The maximum atomic E-state index is 13.4. The number of rotatable bonds is 6. The molecule has 3 aromatic rings. The Morgan fingerprint density at radius 1 is 1.21 bits per heavy atom. The molecule has 0 aliphatic heterocycles. The smallest absolute Gasteiger partial charge is 0.248 e. The van der Waals surface area contributed by atoms with Crippen LogP contribution in [0.4, 0.5) is 4.39 Å². The van der Waals surface area contributed by atoms with Crippen LogP contribution in [0.1, 0.15) is 12.8 Å². The Morgan fingerprint density at radius 3 is 2.68 bits per heavy atom. The van der Waals surface area contributed by atoms with Crippen LogP contribution < -0.4 is 4.80 Å². The van der Waals surface area contributed by atoms with Gasteiger partial charge in [0.2, 0.25) is 5.91 Å². The fourth-order valence-corrected chi connectivity index (χ4v) is 5.10. The van der Waals surface area contributed by atoms with Crippen molar-refractivity contribution >= 4 is 37.3 Å². The molecule has 1 aromatic heterocycles. The van der Waals surface area contributed by atoms with Crippen molar-refractivity contribution in [2.45, 2.75) is 24.3 Å². The minimum atomic E-state index is -3.44. The summed E-state index contributed by atoms with van der Waals surface area (Å²) in [6.45, 7) is 0.195. The molecule has 0 saturated carbocycles. The normalized spacial score (nSPS) is 12.2. The lowest BCUT2D eigenvalue weighted by Crippen LogP contribution is -2.16. The fraction of sp³-hybridized carbons (Fsp3) is 0.200. The van der Waals surface area contributed by atoms with E-state index in [-0.39, 0.29) is 35.9 Å². The van der Waals surface area contributed by atoms with E-state index in [4.69, 9.17) is 6.42 Å². The number of amides is 1. The van der Waals surface area contributed by atoms with E-state index in [1.807, 2.05) is 0 Å². The summed E-state index contributed by atoms with van der Waals surface area (Å²) in [5.74, 6) is 1.53. The Balaban J connectivity index is 1.76. The Morgan fingerprint density at radius 2 is 1.96 bits per heavy atom. The number of sulfone groups is 1. The molecule has 0 radical (unpaired) electrons. The van der Waals surface area contributed by atoms with Gasteiger partial charge in [-0.3, -0.25) is 4.79 Å². The standard InChI is InChI=1S/C20H17FN2O3S2/c1-2-12-23-17-11-10-15(21)14-18(17)27-20(23)22-19(24)9-6-13-28(25,26)16-7-4-3-5-8-16/h1,3-5,7-8,10-11,14H,6,9,12-13H2. The van der Waals surface area contributed by atoms with Gasteiger partial charge in [0.15, 0.2) is 14.6 Å². The summed E-state index contributed by atoms with van der Waals surface area (Å²) in [6, 6.07) is 12.4. The van der Waals surface area contributed by atoms with Crippen LogP contribution in [-0.4, -0.2) is 24.6 Å². The van der Waals surface area contributed by atoms with Gasteiger partial charge in [0.25, 0.3) is 0 Å². The van der Waals surface area contributed by atoms with Crippen molar-refractivity contribution in [1.29, 1.82) is 0 Å². The van der Waals surface area contributed by atoms with E-state index in [2.05, 4.69) is 10.9 Å². The maximum Gasteiger partial charge on any atom is 0.248 e. The number of halogens is 1. The summed E-state index contributed by atoms with van der Waals surface area (Å²) in [5, 5.41) is 0. The van der Waals surface area contributed by atoms with Gasteiger partial charge in [0.1, 0.15) is 5.82 Å². The topological polar surface area (TPSA) is 68.5 Å². The van der Waals surface area contributed by atoms with E-state index in [1.54, 1.807) is 28.8 Å². The van der Waals surface area contributed by atoms with Gasteiger partial charge >= 0.3 is 0 Å². The number of nitrogens with zero attached hydrogens (tertiary/aromatic N) is 2. The van der Waals surface area contributed by atoms with Gasteiger partial charge < -0.3 is 4.57 Å². The molecule has 28 heavy (non-hydrogen) atoms. The summed E-state index contributed by atoms with van der Waals surface area (Å²) in [7, 11) is -3.44. The first-order chi connectivity index (χ1) is 13.4. The zero-order chi connectivity index (χ0) is 20.1. The molecule has 0 bridgehead atoms. The van der Waals surface area contributed by atoms with Crippen LogP contribution in [0.3, 0.4) is 0 Å². The van der Waals surface area contributed by atoms with Crippen LogP contribution in [0.25, 0.3) is 10.2 Å². The second kappa shape index (κ2) is 8.50. The molecule has 0 aliphatic carbocycles. The van der Waals surface area contributed by atoms with Gasteiger partial charge in [-0.1, -0.05) is 35.5 Å². The van der Waals surface area contributed by atoms with E-state index < -0.39 is 15.7 Å². The third-order valence-corrected chi connectivity index (χ3v) is 6.88. The van der Waals surface area contributed by atoms with Crippen molar-refractivity contribution in [3.05, 3.63) is 59.1 Å². The Kier molecular flexibility index (Phi) is 6.07. The average molecular weight is 416 g/mol. The molecular formula is C20H17FN2O3S2. The maximum absolute atomic E-state index is 13.4. The summed E-state index contributed by atoms with van der Waals surface area (Å²) >= 11 is 1.16. The van der Waals surface area contributed by atoms with Crippen molar-refractivity contribution < 1.29 is 17.6 Å². The van der Waals surface area contributed by atoms with E-state index >= 15 is 0 Å². The van der Waals surface area contributed by atoms with E-state index in [0.717, 1.165) is 11.3 Å². The molecule has 0 atom stereocenters. The summed E-state index contributed by atoms with van der Waals surface area (Å²) in [5.41, 5.74) is 0.697. The fourth-order valence-electron chi connectivity index (χ4n) is 2.70. The predicted octanol–water partition coefficient (Wildman–Crippen LogP) is 3.16. The lowest BCUT2D eigenvalue weighted by Gasteiger charge is -2.03. The number of carbonyl (C=O) groups is 1. The van der Waals surface area contributed by atoms with Gasteiger partial charge in [-0.25, -0.2) is 12.8 Å². The highest BCUT2D eigenvalue weighted by atomic mass is 32.2. The van der Waals surface area contributed by atoms with E-state index in [1.165, 1.54) is 24.3 Å². The lowest BCUT2D eigenvalue weighted by atomic mass is 10.3. The minimum absolute atomic E-state index is 0.00920. The van der Waals surface area contributed by atoms with Crippen molar-refractivity contribution in [3.63, 3.8) is 0 Å². The van der Waals surface area contributed by atoms with Crippen molar-refractivity contribution in [3.8, 4) is 12.3 Å². The third kappa shape index (κ3) is 4.55. The number of terminal acetylenes is 1. The highest BCUT2D eigenvalue weighted by Gasteiger charge is 2.14. The zero-order valence-corrected chi connectivity index (χ0v) is 16.5.